The van der Waals surface area contributed by atoms with E-state index < -0.39 is 0 Å². The maximum atomic E-state index is 12.8. The van der Waals surface area contributed by atoms with E-state index >= 15 is 0 Å². The van der Waals surface area contributed by atoms with E-state index in [1.165, 1.54) is 18.2 Å². The van der Waals surface area contributed by atoms with Crippen molar-refractivity contribution >= 4 is 5.91 Å². The summed E-state index contributed by atoms with van der Waals surface area (Å²) in [6, 6.07) is 3.77. The standard InChI is InChI=1S/C11H15FN2O2/c1-13-11(16)4-5-14-7-8-6-9(12)2-3-10(8)15/h2-3,6,14-15H,4-5,7H2,1H3,(H,13,16). The first-order valence-electron chi connectivity index (χ1n) is 5.02. The van der Waals surface area contributed by atoms with Gasteiger partial charge >= 0.3 is 0 Å². The molecule has 0 radical (unpaired) electrons. The van der Waals surface area contributed by atoms with Crippen LogP contribution < -0.4 is 10.6 Å². The second kappa shape index (κ2) is 6.07. The highest BCUT2D eigenvalue weighted by molar-refractivity contribution is 5.75. The Kier molecular flexibility index (Phi) is 4.72. The van der Waals surface area contributed by atoms with Crippen molar-refractivity contribution in [1.29, 1.82) is 0 Å². The van der Waals surface area contributed by atoms with Crippen LogP contribution in [0.4, 0.5) is 4.39 Å². The van der Waals surface area contributed by atoms with Gasteiger partial charge < -0.3 is 15.7 Å². The van der Waals surface area contributed by atoms with Crippen LogP contribution in [0.3, 0.4) is 0 Å². The van der Waals surface area contributed by atoms with Crippen molar-refractivity contribution in [1.82, 2.24) is 10.6 Å². The third-order valence-corrected chi connectivity index (χ3v) is 2.16. The van der Waals surface area contributed by atoms with Crippen molar-refractivity contribution in [3.05, 3.63) is 29.6 Å². The van der Waals surface area contributed by atoms with Crippen LogP contribution >= 0.6 is 0 Å². The molecule has 1 rings (SSSR count). The van der Waals surface area contributed by atoms with Crippen molar-refractivity contribution in [2.45, 2.75) is 13.0 Å². The molecule has 0 bridgehead atoms. The van der Waals surface area contributed by atoms with E-state index in [0.29, 0.717) is 25.1 Å². The molecule has 16 heavy (non-hydrogen) atoms. The predicted octanol–water partition coefficient (Wildman–Crippen LogP) is 0.757. The number of rotatable bonds is 5. The molecule has 0 saturated heterocycles. The number of phenols is 1. The Bertz CT molecular complexity index is 369. The molecule has 0 spiro atoms. The number of amides is 1. The van der Waals surface area contributed by atoms with Gasteiger partial charge in [0.2, 0.25) is 5.91 Å². The smallest absolute Gasteiger partial charge is 0.221 e. The molecular weight excluding hydrogens is 211 g/mol. The molecular formula is C11H15FN2O2. The maximum Gasteiger partial charge on any atom is 0.221 e. The molecule has 0 aliphatic carbocycles. The highest BCUT2D eigenvalue weighted by Crippen LogP contribution is 2.17. The summed E-state index contributed by atoms with van der Waals surface area (Å²) in [6.07, 6.45) is 0.354. The normalized spacial score (nSPS) is 10.1. The predicted molar refractivity (Wildman–Crippen MR) is 58.5 cm³/mol. The van der Waals surface area contributed by atoms with Gasteiger partial charge in [0.15, 0.2) is 0 Å². The third-order valence-electron chi connectivity index (χ3n) is 2.16. The van der Waals surface area contributed by atoms with Crippen LogP contribution in [0.1, 0.15) is 12.0 Å². The first-order valence-corrected chi connectivity index (χ1v) is 5.02. The second-order valence-electron chi connectivity index (χ2n) is 3.37. The highest BCUT2D eigenvalue weighted by atomic mass is 19.1. The largest absolute Gasteiger partial charge is 0.508 e. The SMILES string of the molecule is CNC(=O)CCNCc1cc(F)ccc1O. The molecule has 0 heterocycles. The second-order valence-corrected chi connectivity index (χ2v) is 3.37. The molecule has 0 unspecified atom stereocenters. The molecule has 0 saturated carbocycles. The topological polar surface area (TPSA) is 61.4 Å². The minimum Gasteiger partial charge on any atom is -0.508 e. The Labute approximate surface area is 93.5 Å². The lowest BCUT2D eigenvalue weighted by Crippen LogP contribution is -2.24. The number of aromatic hydroxyl groups is 1. The Balaban J connectivity index is 2.37. The number of carbonyl (C=O) groups is 1. The Morgan fingerprint density at radius 2 is 2.25 bits per heavy atom. The van der Waals surface area contributed by atoms with E-state index in [-0.39, 0.29) is 17.5 Å². The quantitative estimate of drug-likeness (QED) is 0.649. The van der Waals surface area contributed by atoms with Crippen molar-refractivity contribution < 1.29 is 14.3 Å². The lowest BCUT2D eigenvalue weighted by atomic mass is 10.2. The molecule has 1 aromatic rings. The summed E-state index contributed by atoms with van der Waals surface area (Å²) >= 11 is 0. The van der Waals surface area contributed by atoms with Gasteiger partial charge in [0, 0.05) is 32.1 Å². The molecule has 4 nitrogen and oxygen atoms in total. The highest BCUT2D eigenvalue weighted by Gasteiger charge is 2.03. The van der Waals surface area contributed by atoms with E-state index in [0.717, 1.165) is 0 Å². The minimum absolute atomic E-state index is 0.0499. The zero-order valence-electron chi connectivity index (χ0n) is 9.09. The number of halogens is 1. The number of benzene rings is 1. The average molecular weight is 226 g/mol. The monoisotopic (exact) mass is 226 g/mol. The van der Waals surface area contributed by atoms with Gasteiger partial charge in [-0.05, 0) is 18.2 Å². The van der Waals surface area contributed by atoms with Crippen LogP contribution in [0.25, 0.3) is 0 Å². The third kappa shape index (κ3) is 3.86. The Morgan fingerprint density at radius 3 is 2.94 bits per heavy atom. The summed E-state index contributed by atoms with van der Waals surface area (Å²) in [5, 5.41) is 14.8. The van der Waals surface area contributed by atoms with E-state index in [4.69, 9.17) is 0 Å². The van der Waals surface area contributed by atoms with Gasteiger partial charge in [-0.1, -0.05) is 0 Å². The van der Waals surface area contributed by atoms with E-state index in [2.05, 4.69) is 10.6 Å². The lowest BCUT2D eigenvalue weighted by molar-refractivity contribution is -0.120. The number of hydrogen-bond acceptors (Lipinski definition) is 3. The van der Waals surface area contributed by atoms with Crippen molar-refractivity contribution in [2.24, 2.45) is 0 Å². The average Bonchev–Trinajstić information content (AvgIpc) is 2.28. The first kappa shape index (κ1) is 12.4. The van der Waals surface area contributed by atoms with E-state index in [1.54, 1.807) is 7.05 Å². The maximum absolute atomic E-state index is 12.8. The van der Waals surface area contributed by atoms with Crippen LogP contribution in [0.15, 0.2) is 18.2 Å². The number of hydrogen-bond donors (Lipinski definition) is 3. The van der Waals surface area contributed by atoms with Gasteiger partial charge in [0.1, 0.15) is 11.6 Å². The fourth-order valence-electron chi connectivity index (χ4n) is 1.25. The fraction of sp³-hybridized carbons (Fsp3) is 0.364. The van der Waals surface area contributed by atoms with Gasteiger partial charge in [0.25, 0.3) is 0 Å². The van der Waals surface area contributed by atoms with E-state index in [1.807, 2.05) is 0 Å². The van der Waals surface area contributed by atoms with Crippen molar-refractivity contribution in [3.8, 4) is 5.75 Å². The van der Waals surface area contributed by atoms with Crippen LogP contribution in [0.2, 0.25) is 0 Å². The lowest BCUT2D eigenvalue weighted by Gasteiger charge is -2.06. The van der Waals surface area contributed by atoms with Gasteiger partial charge in [-0.15, -0.1) is 0 Å². The molecule has 1 amide bonds. The van der Waals surface area contributed by atoms with E-state index in [9.17, 15) is 14.3 Å². The van der Waals surface area contributed by atoms with Crippen LogP contribution in [0, 0.1) is 5.82 Å². The van der Waals surface area contributed by atoms with Crippen molar-refractivity contribution in [2.75, 3.05) is 13.6 Å². The molecule has 0 fully saturated rings. The molecule has 0 aliphatic rings. The van der Waals surface area contributed by atoms with Crippen LogP contribution in [-0.2, 0) is 11.3 Å². The number of nitrogens with one attached hydrogen (secondary N) is 2. The number of phenolic OH excluding ortho intramolecular Hbond substituents is 1. The molecule has 5 heteroatoms. The summed E-state index contributed by atoms with van der Waals surface area (Å²) in [6.45, 7) is 0.816. The molecule has 0 atom stereocenters. The van der Waals surface area contributed by atoms with Gasteiger partial charge in [-0.2, -0.15) is 0 Å². The summed E-state index contributed by atoms with van der Waals surface area (Å²) in [4.78, 5) is 10.9. The molecule has 3 N–H and O–H groups in total. The van der Waals surface area contributed by atoms with Crippen LogP contribution in [-0.4, -0.2) is 24.6 Å². The Hall–Kier alpha value is -1.62. The van der Waals surface area contributed by atoms with Gasteiger partial charge in [-0.3, -0.25) is 4.79 Å². The zero-order valence-corrected chi connectivity index (χ0v) is 9.09. The fourth-order valence-corrected chi connectivity index (χ4v) is 1.25. The molecule has 88 valence electrons. The minimum atomic E-state index is -0.388. The summed E-state index contributed by atoms with van der Waals surface area (Å²) in [5.41, 5.74) is 0.483. The van der Waals surface area contributed by atoms with Crippen molar-refractivity contribution in [3.63, 3.8) is 0 Å². The number of carbonyl (C=O) groups excluding carboxylic acids is 1. The molecule has 1 aromatic carbocycles. The summed E-state index contributed by atoms with van der Waals surface area (Å²) in [7, 11) is 1.57. The van der Waals surface area contributed by atoms with Gasteiger partial charge in [-0.25, -0.2) is 4.39 Å². The molecule has 0 aliphatic heterocycles. The zero-order chi connectivity index (χ0) is 12.0. The summed E-state index contributed by atoms with van der Waals surface area (Å²) in [5.74, 6) is -0.397. The first-order chi connectivity index (χ1) is 7.63. The summed E-state index contributed by atoms with van der Waals surface area (Å²) < 4.78 is 12.8. The van der Waals surface area contributed by atoms with Crippen LogP contribution in [0.5, 0.6) is 5.75 Å². The molecule has 0 aromatic heterocycles. The Morgan fingerprint density at radius 1 is 1.50 bits per heavy atom. The van der Waals surface area contributed by atoms with Gasteiger partial charge in [0.05, 0.1) is 0 Å².